The second-order valence-corrected chi connectivity index (χ2v) is 35.5. The lowest BCUT2D eigenvalue weighted by atomic mass is 10.00. The highest BCUT2D eigenvalue weighted by Gasteiger charge is 2.47. The van der Waals surface area contributed by atoms with Crippen LogP contribution in [0.2, 0.25) is 0 Å². The number of phenols is 1. The predicted octanol–water partition coefficient (Wildman–Crippen LogP) is -2.45. The van der Waals surface area contributed by atoms with Gasteiger partial charge in [-0.2, -0.15) is 0 Å². The van der Waals surface area contributed by atoms with Crippen molar-refractivity contribution in [3.8, 4) is 5.75 Å². The SMILES string of the molecule is CCCC[C@H]1C(=O)N(C)[C@@H](CCCC)C(=O)N[C@@H](CCCN)C(=O)N[C@H](C(=O)NCC(N)=O)CSCC(=O)N[C@@H](Cc2ccc(O)cc2)C(=O)N(C)[C@@H](C)C(=O)N[C@@H](CC(N)=O)C(=O)N2CCC[C@H]2C(=O)N[C@@H](Cc2cnc[nH]2)C(=O)N[C@@H](CC(C)C)C(=O)N2C[C@H](O)C[C@H]2C(=O)N[C@@H](Cc2c[nH]c3ccccc23)C(=O)N[C@@H](CO)C(=O)N[C@@H](Cc2c[nH]c3ccccc23)C(=O)N1C. The minimum atomic E-state index is -1.88. The van der Waals surface area contributed by atoms with E-state index < -0.39 is 229 Å². The third-order valence-electron chi connectivity index (χ3n) is 24.0. The Labute approximate surface area is 773 Å². The molecule has 43 heteroatoms. The molecule has 17 amide bonds. The maximum atomic E-state index is 15.7. The first-order valence-corrected chi connectivity index (χ1v) is 46.0. The molecule has 0 unspecified atom stereocenters. The van der Waals surface area contributed by atoms with Gasteiger partial charge in [0.05, 0.1) is 37.8 Å². The van der Waals surface area contributed by atoms with Crippen molar-refractivity contribution in [1.29, 1.82) is 0 Å². The number of unbranched alkanes of at least 4 members (excludes halogenated alkanes) is 2. The average molecular weight is 1870 g/mol. The van der Waals surface area contributed by atoms with Crippen LogP contribution in [0.4, 0.5) is 0 Å². The number of hydrogen-bond donors (Lipinski definition) is 19. The fraction of sp³-hybridized carbons (Fsp3) is 0.533. The second-order valence-electron chi connectivity index (χ2n) is 34.4. The number of nitrogens with two attached hydrogens (primary N) is 3. The van der Waals surface area contributed by atoms with Gasteiger partial charge in [-0.05, 0) is 105 Å². The lowest BCUT2D eigenvalue weighted by Gasteiger charge is -2.36. The summed E-state index contributed by atoms with van der Waals surface area (Å²) in [6, 6.07) is -1.91. The van der Waals surface area contributed by atoms with Crippen molar-refractivity contribution in [2.45, 2.75) is 234 Å². The van der Waals surface area contributed by atoms with Crippen molar-refractivity contribution in [1.82, 2.24) is 97.6 Å². The van der Waals surface area contributed by atoms with E-state index in [1.54, 1.807) is 74.8 Å². The molecule has 3 aromatic heterocycles. The van der Waals surface area contributed by atoms with Gasteiger partial charge in [0, 0.05) is 118 Å². The van der Waals surface area contributed by atoms with Crippen LogP contribution in [0, 0.1) is 5.92 Å². The predicted molar refractivity (Wildman–Crippen MR) is 489 cm³/mol. The number of nitrogens with one attached hydrogen (secondary N) is 13. The molecule has 3 aliphatic heterocycles. The van der Waals surface area contributed by atoms with Gasteiger partial charge in [-0.1, -0.05) is 102 Å². The zero-order chi connectivity index (χ0) is 97.0. The molecule has 3 fully saturated rings. The standard InChI is InChI=1S/C90H126N22O20S/c1-9-11-24-70-83(125)100-61(23-17-31-91)79(121)107-69(78(120)97-43-75(93)117)46-133-47-76(118)99-65(34-51-27-29-55(114)30-28-51)86(128)108(6)50(5)77(119)103-67(39-74(92)116)88(130)111-32-18-26-71(111)84(126)102-63(37-54-42-94-48-98-54)81(123)104-64(33-49(3)4)89(131)112-44-56(115)38-73(112)85(127)101-62(35-52-40-95-59-21-15-13-19-57(52)59)80(122)106-68(45-113)82(124)105-66(36-53-41-96-60-22-16-14-20-58(53)60)87(129)110(8)72(25-12-10-2)90(132)109(70)7/h13-16,19-22,27-30,40-42,48-50,56,61-73,95-96,113-115H,9-12,17-18,23-26,31-39,43-47,91H2,1-8H3,(H2,92,116)(H2,93,117)(H,94,98)(H,97,120)(H,99,118)(H,100,125)(H,101,127)(H,102,126)(H,103,119)(H,104,123)(H,105,124)(H,106,122)(H,107,121)/t50-,56+,61-,62-,63-,64-,65-,66-,67-,68-,69-,70-,71-,72-,73-/m0/s1. The summed E-state index contributed by atoms with van der Waals surface area (Å²) in [7, 11) is 3.94. The number of likely N-dealkylation sites (N-methyl/N-ethyl adjacent to an activating group) is 3. The van der Waals surface area contributed by atoms with Crippen LogP contribution in [0.5, 0.6) is 5.75 Å². The van der Waals surface area contributed by atoms with Crippen LogP contribution < -0.4 is 70.4 Å². The van der Waals surface area contributed by atoms with Crippen molar-refractivity contribution in [3.05, 3.63) is 120 Å². The molecule has 0 radical (unpaired) electrons. The van der Waals surface area contributed by atoms with E-state index in [2.05, 4.69) is 73.1 Å². The molecule has 22 N–H and O–H groups in total. The molecular weight excluding hydrogens is 1740 g/mol. The first-order chi connectivity index (χ1) is 63.4. The van der Waals surface area contributed by atoms with Gasteiger partial charge in [-0.25, -0.2) is 4.98 Å². The number of carbonyl (C=O) groups is 17. The fourth-order valence-electron chi connectivity index (χ4n) is 16.6. The highest BCUT2D eigenvalue weighted by Crippen LogP contribution is 2.28. The number of phenolic OH excluding ortho intramolecular Hbond substituents is 1. The number of H-pyrrole nitrogens is 3. The number of nitrogens with zero attached hydrogens (tertiary/aromatic N) is 6. The number of imidazole rings is 1. The van der Waals surface area contributed by atoms with Crippen LogP contribution in [0.1, 0.15) is 140 Å². The van der Waals surface area contributed by atoms with Crippen LogP contribution >= 0.6 is 11.8 Å². The van der Waals surface area contributed by atoms with Crippen molar-refractivity contribution in [2.75, 3.05) is 65.4 Å². The summed E-state index contributed by atoms with van der Waals surface area (Å²) < 4.78 is 0. The second kappa shape index (κ2) is 49.5. The Morgan fingerprint density at radius 3 is 1.68 bits per heavy atom. The summed E-state index contributed by atoms with van der Waals surface area (Å²) in [5.41, 5.74) is 20.2. The molecule has 722 valence electrons. The van der Waals surface area contributed by atoms with Crippen LogP contribution in [0.15, 0.2) is 97.7 Å². The Morgan fingerprint density at radius 2 is 1.08 bits per heavy atom. The van der Waals surface area contributed by atoms with Gasteiger partial charge in [0.25, 0.3) is 0 Å². The first-order valence-electron chi connectivity index (χ1n) is 44.8. The van der Waals surface area contributed by atoms with Crippen molar-refractivity contribution < 1.29 is 96.8 Å². The van der Waals surface area contributed by atoms with Crippen molar-refractivity contribution in [3.63, 3.8) is 0 Å². The smallest absolute Gasteiger partial charge is 0.246 e. The van der Waals surface area contributed by atoms with Crippen LogP contribution in [0.25, 0.3) is 21.8 Å². The Hall–Kier alpha value is -13.0. The number of benzene rings is 3. The third kappa shape index (κ3) is 28.5. The van der Waals surface area contributed by atoms with E-state index in [9.17, 15) is 58.5 Å². The first kappa shape index (κ1) is 104. The van der Waals surface area contributed by atoms with Gasteiger partial charge in [0.15, 0.2) is 0 Å². The average Bonchev–Trinajstić information content (AvgIpc) is 1.62. The lowest BCUT2D eigenvalue weighted by molar-refractivity contribution is -0.149. The summed E-state index contributed by atoms with van der Waals surface area (Å²) in [4.78, 5) is 269. The monoisotopic (exact) mass is 1870 g/mol. The highest BCUT2D eigenvalue weighted by molar-refractivity contribution is 8.00. The Balaban J connectivity index is 1.09. The molecule has 0 spiro atoms. The molecule has 3 aliphatic rings. The zero-order valence-corrected chi connectivity index (χ0v) is 76.9. The van der Waals surface area contributed by atoms with E-state index >= 15 is 38.4 Å². The molecule has 9 rings (SSSR count). The van der Waals surface area contributed by atoms with Gasteiger partial charge in [0.1, 0.15) is 90.3 Å². The molecule has 6 aromatic rings. The number of para-hydroxylation sites is 2. The Morgan fingerprint density at radius 1 is 0.549 bits per heavy atom. The van der Waals surface area contributed by atoms with E-state index in [4.69, 9.17) is 17.2 Å². The third-order valence-corrected chi connectivity index (χ3v) is 25.1. The number of rotatable bonds is 25. The number of hydrogen-bond acceptors (Lipinski definition) is 23. The van der Waals surface area contributed by atoms with Crippen LogP contribution in [-0.4, -0.2) is 316 Å². The maximum Gasteiger partial charge on any atom is 0.246 e. The van der Waals surface area contributed by atoms with E-state index in [1.807, 2.05) is 13.8 Å². The Kier molecular flexibility index (Phi) is 38.6. The topological polar surface area (TPSA) is 626 Å². The number of fused-ring (bicyclic) bond motifs is 4. The number of aliphatic hydroxyl groups excluding tert-OH is 2. The number of carbonyl (C=O) groups excluding carboxylic acids is 17. The summed E-state index contributed by atoms with van der Waals surface area (Å²) in [6.07, 6.45) is 4.04. The van der Waals surface area contributed by atoms with Gasteiger partial charge in [-0.15, -0.1) is 11.8 Å². The quantitative estimate of drug-likeness (QED) is 0.0283. The summed E-state index contributed by atoms with van der Waals surface area (Å²) >= 11 is 0.781. The molecular formula is C90H126N22O20S. The molecule has 133 heavy (non-hydrogen) atoms. The molecule has 3 saturated heterocycles. The molecule has 3 aromatic carbocycles. The molecule has 0 saturated carbocycles. The molecule has 0 bridgehead atoms. The highest BCUT2D eigenvalue weighted by atomic mass is 32.2. The van der Waals surface area contributed by atoms with E-state index in [0.717, 1.165) is 36.3 Å². The minimum Gasteiger partial charge on any atom is -0.508 e. The lowest BCUT2D eigenvalue weighted by Crippen LogP contribution is -2.62. The summed E-state index contributed by atoms with van der Waals surface area (Å²) in [5, 5.41) is 60.7. The normalized spacial score (nSPS) is 25.0. The zero-order valence-electron chi connectivity index (χ0n) is 76.1. The van der Waals surface area contributed by atoms with E-state index in [1.165, 1.54) is 64.9 Å². The number of aromatic amines is 3. The number of primary amides is 2. The van der Waals surface area contributed by atoms with Crippen LogP contribution in [-0.2, 0) is 107 Å². The van der Waals surface area contributed by atoms with Gasteiger partial charge >= 0.3 is 0 Å². The largest absolute Gasteiger partial charge is 0.508 e. The molecule has 42 nitrogen and oxygen atoms in total. The number of thioether (sulfide) groups is 1. The fourth-order valence-corrected chi connectivity index (χ4v) is 17.4. The molecule has 15 atom stereocenters. The van der Waals surface area contributed by atoms with Crippen molar-refractivity contribution >= 4 is 134 Å². The number of aromatic hydroxyl groups is 1. The number of aliphatic hydroxyl groups is 2. The van der Waals surface area contributed by atoms with Crippen molar-refractivity contribution in [2.24, 2.45) is 23.1 Å². The minimum absolute atomic E-state index is 0.00283. The molecule has 0 aliphatic carbocycles. The van der Waals surface area contributed by atoms with Gasteiger partial charge in [0.2, 0.25) is 100 Å². The van der Waals surface area contributed by atoms with E-state index in [-0.39, 0.29) is 102 Å². The Bertz CT molecular complexity index is 5110. The summed E-state index contributed by atoms with van der Waals surface area (Å²) in [5.74, 6) is -17.3. The van der Waals surface area contributed by atoms with Gasteiger partial charge in [-0.3, -0.25) is 81.5 Å². The number of aromatic nitrogens is 4. The maximum absolute atomic E-state index is 15.7. The van der Waals surface area contributed by atoms with Gasteiger partial charge < -0.3 is 125 Å². The summed E-state index contributed by atoms with van der Waals surface area (Å²) in [6.45, 7) is 6.10. The van der Waals surface area contributed by atoms with E-state index in [0.29, 0.717) is 69.9 Å². The number of amides is 17. The van der Waals surface area contributed by atoms with Crippen LogP contribution in [0.3, 0.4) is 0 Å². The molecule has 6 heterocycles.